The summed E-state index contributed by atoms with van der Waals surface area (Å²) in [6.45, 7) is 7.61. The Kier molecular flexibility index (Phi) is 5.71. The molecule has 0 saturated carbocycles. The molecule has 0 radical (unpaired) electrons. The lowest BCUT2D eigenvalue weighted by Crippen LogP contribution is -2.31. The van der Waals surface area contributed by atoms with Gasteiger partial charge in [0, 0.05) is 18.6 Å². The van der Waals surface area contributed by atoms with Gasteiger partial charge in [0.2, 0.25) is 0 Å². The quantitative estimate of drug-likeness (QED) is 0.363. The summed E-state index contributed by atoms with van der Waals surface area (Å²) in [7, 11) is 0. The molecule has 0 spiro atoms. The molecule has 3 nitrogen and oxygen atoms in total. The molecule has 3 heteroatoms. The van der Waals surface area contributed by atoms with Gasteiger partial charge in [-0.1, -0.05) is 27.2 Å². The van der Waals surface area contributed by atoms with E-state index in [2.05, 4.69) is 6.92 Å². The topological polar surface area (TPSA) is 59.1 Å². The normalized spacial score (nSPS) is 11.6. The van der Waals surface area contributed by atoms with Crippen molar-refractivity contribution in [2.75, 3.05) is 13.2 Å². The van der Waals surface area contributed by atoms with Gasteiger partial charge in [-0.3, -0.25) is 5.41 Å². The SMILES string of the molecule is CCCCOCCC(C)(C)C(=N)N. The molecule has 0 atom stereocenters. The first-order valence-electron chi connectivity index (χ1n) is 4.93. The van der Waals surface area contributed by atoms with Crippen molar-refractivity contribution in [3.8, 4) is 0 Å². The minimum Gasteiger partial charge on any atom is -0.387 e. The average Bonchev–Trinajstić information content (AvgIpc) is 2.03. The first-order chi connectivity index (χ1) is 6.00. The molecule has 13 heavy (non-hydrogen) atoms. The van der Waals surface area contributed by atoms with Crippen molar-refractivity contribution in [1.29, 1.82) is 5.41 Å². The highest BCUT2D eigenvalue weighted by Gasteiger charge is 2.20. The molecular weight excluding hydrogens is 164 g/mol. The maximum atomic E-state index is 7.34. The summed E-state index contributed by atoms with van der Waals surface area (Å²) in [5, 5.41) is 7.34. The van der Waals surface area contributed by atoms with E-state index in [1.165, 1.54) is 0 Å². The third-order valence-corrected chi connectivity index (χ3v) is 2.24. The van der Waals surface area contributed by atoms with Gasteiger partial charge >= 0.3 is 0 Å². The van der Waals surface area contributed by atoms with Crippen LogP contribution in [0.15, 0.2) is 0 Å². The van der Waals surface area contributed by atoms with Crippen LogP contribution in [0, 0.1) is 10.8 Å². The van der Waals surface area contributed by atoms with Crippen LogP contribution in [0.1, 0.15) is 40.0 Å². The number of rotatable bonds is 7. The van der Waals surface area contributed by atoms with Crippen LogP contribution in [0.4, 0.5) is 0 Å². The molecule has 0 aliphatic carbocycles. The van der Waals surface area contributed by atoms with Crippen molar-refractivity contribution in [2.45, 2.75) is 40.0 Å². The van der Waals surface area contributed by atoms with Crippen LogP contribution < -0.4 is 5.73 Å². The Morgan fingerprint density at radius 2 is 2.00 bits per heavy atom. The van der Waals surface area contributed by atoms with Crippen molar-refractivity contribution in [3.63, 3.8) is 0 Å². The molecule has 0 saturated heterocycles. The summed E-state index contributed by atoms with van der Waals surface area (Å²) in [5.74, 6) is 0.242. The molecule has 0 bridgehead atoms. The number of hydrogen-bond acceptors (Lipinski definition) is 2. The van der Waals surface area contributed by atoms with Gasteiger partial charge in [-0.2, -0.15) is 0 Å². The molecule has 0 fully saturated rings. The van der Waals surface area contributed by atoms with Gasteiger partial charge in [0.1, 0.15) is 0 Å². The Bertz CT molecular complexity index is 155. The second-order valence-corrected chi connectivity index (χ2v) is 4.01. The summed E-state index contributed by atoms with van der Waals surface area (Å²) in [6.07, 6.45) is 3.10. The molecule has 0 aliphatic heterocycles. The molecule has 0 amide bonds. The van der Waals surface area contributed by atoms with Gasteiger partial charge in [-0.05, 0) is 12.8 Å². The predicted octanol–water partition coefficient (Wildman–Crippen LogP) is 2.16. The van der Waals surface area contributed by atoms with E-state index in [1.807, 2.05) is 13.8 Å². The molecule has 3 N–H and O–H groups in total. The van der Waals surface area contributed by atoms with E-state index in [-0.39, 0.29) is 11.3 Å². The summed E-state index contributed by atoms with van der Waals surface area (Å²) in [6, 6.07) is 0. The molecular formula is C10H22N2O. The lowest BCUT2D eigenvalue weighted by molar-refractivity contribution is 0.114. The first-order valence-corrected chi connectivity index (χ1v) is 4.93. The first kappa shape index (κ1) is 12.4. The monoisotopic (exact) mass is 186 g/mol. The Morgan fingerprint density at radius 3 is 2.46 bits per heavy atom. The van der Waals surface area contributed by atoms with Crippen molar-refractivity contribution in [3.05, 3.63) is 0 Å². The largest absolute Gasteiger partial charge is 0.387 e. The van der Waals surface area contributed by atoms with Crippen molar-refractivity contribution in [1.82, 2.24) is 0 Å². The fourth-order valence-corrected chi connectivity index (χ4v) is 0.810. The number of hydrogen-bond donors (Lipinski definition) is 2. The number of ether oxygens (including phenoxy) is 1. The molecule has 0 aromatic rings. The highest BCUT2D eigenvalue weighted by Crippen LogP contribution is 2.19. The maximum absolute atomic E-state index is 7.34. The number of amidine groups is 1. The molecule has 0 aromatic carbocycles. The van der Waals surface area contributed by atoms with Crippen LogP contribution >= 0.6 is 0 Å². The van der Waals surface area contributed by atoms with Gasteiger partial charge in [0.15, 0.2) is 0 Å². The molecule has 0 aliphatic rings. The molecule has 78 valence electrons. The van der Waals surface area contributed by atoms with Gasteiger partial charge < -0.3 is 10.5 Å². The summed E-state index contributed by atoms with van der Waals surface area (Å²) < 4.78 is 5.41. The minimum atomic E-state index is -0.216. The molecule has 0 heterocycles. The number of nitrogens with one attached hydrogen (secondary N) is 1. The fourth-order valence-electron chi connectivity index (χ4n) is 0.810. The molecule has 0 aromatic heterocycles. The zero-order chi connectivity index (χ0) is 10.3. The Balaban J connectivity index is 3.46. The zero-order valence-electron chi connectivity index (χ0n) is 9.02. The van der Waals surface area contributed by atoms with Crippen molar-refractivity contribution in [2.24, 2.45) is 11.1 Å². The van der Waals surface area contributed by atoms with Gasteiger partial charge in [-0.25, -0.2) is 0 Å². The standard InChI is InChI=1S/C10H22N2O/c1-4-5-7-13-8-6-10(2,3)9(11)12/h4-8H2,1-3H3,(H3,11,12). The maximum Gasteiger partial charge on any atom is 0.0963 e. The third kappa shape index (κ3) is 5.64. The Hall–Kier alpha value is -0.570. The number of nitrogens with two attached hydrogens (primary N) is 1. The van der Waals surface area contributed by atoms with Gasteiger partial charge in [-0.15, -0.1) is 0 Å². The summed E-state index contributed by atoms with van der Waals surface area (Å²) in [4.78, 5) is 0. The molecule has 0 unspecified atom stereocenters. The van der Waals surface area contributed by atoms with Crippen LogP contribution in [0.5, 0.6) is 0 Å². The lowest BCUT2D eigenvalue weighted by atomic mass is 9.89. The van der Waals surface area contributed by atoms with Crippen LogP contribution in [0.25, 0.3) is 0 Å². The predicted molar refractivity (Wildman–Crippen MR) is 56.0 cm³/mol. The van der Waals surface area contributed by atoms with E-state index in [0.717, 1.165) is 25.9 Å². The molecule has 0 rings (SSSR count). The van der Waals surface area contributed by atoms with Crippen LogP contribution in [0.2, 0.25) is 0 Å². The zero-order valence-corrected chi connectivity index (χ0v) is 9.02. The average molecular weight is 186 g/mol. The van der Waals surface area contributed by atoms with E-state index in [0.29, 0.717) is 6.61 Å². The second-order valence-electron chi connectivity index (χ2n) is 4.01. The second kappa shape index (κ2) is 5.97. The van der Waals surface area contributed by atoms with E-state index in [9.17, 15) is 0 Å². The van der Waals surface area contributed by atoms with E-state index in [1.54, 1.807) is 0 Å². The lowest BCUT2D eigenvalue weighted by Gasteiger charge is -2.22. The fraction of sp³-hybridized carbons (Fsp3) is 0.900. The summed E-state index contributed by atoms with van der Waals surface area (Å²) >= 11 is 0. The highest BCUT2D eigenvalue weighted by atomic mass is 16.5. The Labute approximate surface area is 81.2 Å². The van der Waals surface area contributed by atoms with Crippen LogP contribution in [-0.2, 0) is 4.74 Å². The van der Waals surface area contributed by atoms with Gasteiger partial charge in [0.05, 0.1) is 5.84 Å². The minimum absolute atomic E-state index is 0.216. The number of unbranched alkanes of at least 4 members (excludes halogenated alkanes) is 1. The smallest absolute Gasteiger partial charge is 0.0963 e. The Morgan fingerprint density at radius 1 is 1.38 bits per heavy atom. The van der Waals surface area contributed by atoms with Crippen LogP contribution in [-0.4, -0.2) is 19.0 Å². The van der Waals surface area contributed by atoms with E-state index >= 15 is 0 Å². The summed E-state index contributed by atoms with van der Waals surface area (Å²) in [5.41, 5.74) is 5.22. The third-order valence-electron chi connectivity index (χ3n) is 2.24. The van der Waals surface area contributed by atoms with E-state index < -0.39 is 0 Å². The van der Waals surface area contributed by atoms with E-state index in [4.69, 9.17) is 15.9 Å². The van der Waals surface area contributed by atoms with Gasteiger partial charge in [0.25, 0.3) is 0 Å². The van der Waals surface area contributed by atoms with Crippen molar-refractivity contribution >= 4 is 5.84 Å². The van der Waals surface area contributed by atoms with Crippen LogP contribution in [0.3, 0.4) is 0 Å². The highest BCUT2D eigenvalue weighted by molar-refractivity contribution is 5.82. The van der Waals surface area contributed by atoms with Crippen molar-refractivity contribution < 1.29 is 4.74 Å².